The summed E-state index contributed by atoms with van der Waals surface area (Å²) < 4.78 is 0. The molecule has 2 fully saturated rings. The summed E-state index contributed by atoms with van der Waals surface area (Å²) in [5.74, 6) is -0.241. The molecule has 114 valence electrons. The first-order valence-corrected chi connectivity index (χ1v) is 7.73. The molecular weight excluding hydrogens is 256 g/mol. The van der Waals surface area contributed by atoms with E-state index in [1.54, 1.807) is 0 Å². The topological polar surface area (TPSA) is 60.9 Å². The number of nitrogens with zero attached hydrogens (tertiary/aromatic N) is 2. The number of piperidine rings is 1. The van der Waals surface area contributed by atoms with E-state index in [0.29, 0.717) is 44.4 Å². The molecule has 1 atom stereocenters. The summed E-state index contributed by atoms with van der Waals surface area (Å²) in [7, 11) is 0. The third kappa shape index (κ3) is 3.51. The van der Waals surface area contributed by atoms with E-state index in [0.717, 1.165) is 6.54 Å². The molecule has 2 heterocycles. The minimum absolute atomic E-state index is 0.168. The van der Waals surface area contributed by atoms with Gasteiger partial charge >= 0.3 is 5.97 Å². The Morgan fingerprint density at radius 1 is 1.15 bits per heavy atom. The van der Waals surface area contributed by atoms with Gasteiger partial charge in [0.05, 0.1) is 12.5 Å². The van der Waals surface area contributed by atoms with Crippen LogP contribution >= 0.6 is 0 Å². The Kier molecular flexibility index (Phi) is 5.02. The highest BCUT2D eigenvalue weighted by atomic mass is 16.4. The highest BCUT2D eigenvalue weighted by Crippen LogP contribution is 2.24. The molecule has 0 saturated carbocycles. The average Bonchev–Trinajstić information content (AvgIpc) is 2.87. The molecular formula is C15H26N2O3. The Morgan fingerprint density at radius 2 is 1.80 bits per heavy atom. The highest BCUT2D eigenvalue weighted by Gasteiger charge is 2.31. The zero-order valence-electron chi connectivity index (χ0n) is 12.5. The van der Waals surface area contributed by atoms with Gasteiger partial charge < -0.3 is 10.0 Å². The van der Waals surface area contributed by atoms with Crippen LogP contribution in [0.3, 0.4) is 0 Å². The summed E-state index contributed by atoms with van der Waals surface area (Å²) in [6.45, 7) is 7.13. The van der Waals surface area contributed by atoms with E-state index in [9.17, 15) is 9.59 Å². The maximum atomic E-state index is 12.3. The molecule has 2 rings (SSSR count). The lowest BCUT2D eigenvalue weighted by Gasteiger charge is -2.33. The zero-order chi connectivity index (χ0) is 14.7. The van der Waals surface area contributed by atoms with Gasteiger partial charge in [0.25, 0.3) is 0 Å². The zero-order valence-corrected chi connectivity index (χ0v) is 12.5. The van der Waals surface area contributed by atoms with Crippen molar-refractivity contribution in [2.75, 3.05) is 26.2 Å². The number of amides is 1. The molecule has 0 radical (unpaired) electrons. The molecule has 2 aliphatic heterocycles. The number of hydrogen-bond acceptors (Lipinski definition) is 3. The van der Waals surface area contributed by atoms with Crippen molar-refractivity contribution in [2.24, 2.45) is 11.8 Å². The molecule has 5 heteroatoms. The maximum Gasteiger partial charge on any atom is 0.306 e. The van der Waals surface area contributed by atoms with Crippen molar-refractivity contribution in [3.05, 3.63) is 0 Å². The third-order valence-electron chi connectivity index (χ3n) is 4.72. The molecule has 0 aromatic carbocycles. The second-order valence-electron chi connectivity index (χ2n) is 6.42. The van der Waals surface area contributed by atoms with Gasteiger partial charge in [-0.15, -0.1) is 0 Å². The monoisotopic (exact) mass is 282 g/mol. The van der Waals surface area contributed by atoms with E-state index >= 15 is 0 Å². The molecule has 1 N–H and O–H groups in total. The highest BCUT2D eigenvalue weighted by molar-refractivity contribution is 5.79. The summed E-state index contributed by atoms with van der Waals surface area (Å²) in [4.78, 5) is 27.4. The van der Waals surface area contributed by atoms with E-state index in [2.05, 4.69) is 18.7 Å². The normalized spacial score (nSPS) is 25.4. The average molecular weight is 282 g/mol. The van der Waals surface area contributed by atoms with Gasteiger partial charge in [0.2, 0.25) is 5.91 Å². The van der Waals surface area contributed by atoms with Crippen LogP contribution in [0.25, 0.3) is 0 Å². The molecule has 0 aliphatic carbocycles. The molecule has 2 aliphatic rings. The van der Waals surface area contributed by atoms with Crippen molar-refractivity contribution in [2.45, 2.75) is 45.6 Å². The number of hydrogen-bond donors (Lipinski definition) is 1. The molecule has 1 unspecified atom stereocenters. The van der Waals surface area contributed by atoms with Gasteiger partial charge in [-0.25, -0.2) is 0 Å². The number of rotatable bonds is 4. The van der Waals surface area contributed by atoms with Crippen LogP contribution in [0.4, 0.5) is 0 Å². The Bertz CT molecular complexity index is 362. The van der Waals surface area contributed by atoms with Crippen molar-refractivity contribution < 1.29 is 14.7 Å². The lowest BCUT2D eigenvalue weighted by Crippen LogP contribution is -2.46. The first kappa shape index (κ1) is 15.3. The number of aliphatic carboxylic acids is 1. The van der Waals surface area contributed by atoms with Crippen molar-refractivity contribution in [1.82, 2.24) is 9.80 Å². The van der Waals surface area contributed by atoms with E-state index in [1.807, 2.05) is 4.90 Å². The maximum absolute atomic E-state index is 12.3. The summed E-state index contributed by atoms with van der Waals surface area (Å²) in [5.41, 5.74) is 0. The fourth-order valence-electron chi connectivity index (χ4n) is 3.45. The Morgan fingerprint density at radius 3 is 2.35 bits per heavy atom. The second kappa shape index (κ2) is 6.57. The van der Waals surface area contributed by atoms with E-state index in [1.165, 1.54) is 12.8 Å². The molecule has 2 saturated heterocycles. The van der Waals surface area contributed by atoms with Gasteiger partial charge in [0, 0.05) is 19.1 Å². The standard InChI is InChI=1S/C15H26N2O3/c1-11(2)13-4-3-7-17(13)10-14(18)16-8-5-12(6-9-16)15(19)20/h11-13H,3-10H2,1-2H3,(H,19,20). The number of carbonyl (C=O) groups excluding carboxylic acids is 1. The summed E-state index contributed by atoms with van der Waals surface area (Å²) in [6.07, 6.45) is 3.55. The molecule has 0 aromatic heterocycles. The first-order valence-electron chi connectivity index (χ1n) is 7.73. The summed E-state index contributed by atoms with van der Waals surface area (Å²) >= 11 is 0. The van der Waals surface area contributed by atoms with Crippen LogP contribution in [0, 0.1) is 11.8 Å². The minimum atomic E-state index is -0.725. The van der Waals surface area contributed by atoms with Crippen molar-refractivity contribution >= 4 is 11.9 Å². The van der Waals surface area contributed by atoms with Crippen LogP contribution in [0.15, 0.2) is 0 Å². The molecule has 0 spiro atoms. The second-order valence-corrected chi connectivity index (χ2v) is 6.42. The smallest absolute Gasteiger partial charge is 0.306 e. The molecule has 0 bridgehead atoms. The first-order chi connectivity index (χ1) is 9.49. The molecule has 5 nitrogen and oxygen atoms in total. The predicted molar refractivity (Wildman–Crippen MR) is 76.4 cm³/mol. The minimum Gasteiger partial charge on any atom is -0.481 e. The van der Waals surface area contributed by atoms with Gasteiger partial charge in [-0.05, 0) is 38.1 Å². The third-order valence-corrected chi connectivity index (χ3v) is 4.72. The number of carboxylic acids is 1. The largest absolute Gasteiger partial charge is 0.481 e. The number of carboxylic acid groups (broad SMARTS) is 1. The summed E-state index contributed by atoms with van der Waals surface area (Å²) in [6, 6.07) is 0.524. The Hall–Kier alpha value is -1.10. The quantitative estimate of drug-likeness (QED) is 0.847. The van der Waals surface area contributed by atoms with Crippen molar-refractivity contribution in [3.63, 3.8) is 0 Å². The van der Waals surface area contributed by atoms with Gasteiger partial charge in [0.1, 0.15) is 0 Å². The molecule has 1 amide bonds. The van der Waals surface area contributed by atoms with Crippen LogP contribution in [0.1, 0.15) is 39.5 Å². The van der Waals surface area contributed by atoms with Crippen LogP contribution in [-0.2, 0) is 9.59 Å². The van der Waals surface area contributed by atoms with Gasteiger partial charge in [-0.3, -0.25) is 14.5 Å². The fourth-order valence-corrected chi connectivity index (χ4v) is 3.45. The van der Waals surface area contributed by atoms with E-state index in [4.69, 9.17) is 5.11 Å². The SMILES string of the molecule is CC(C)C1CCCN1CC(=O)N1CCC(C(=O)O)CC1. The van der Waals surface area contributed by atoms with Crippen LogP contribution in [-0.4, -0.2) is 59.0 Å². The van der Waals surface area contributed by atoms with Crippen molar-refractivity contribution in [1.29, 1.82) is 0 Å². The molecule has 20 heavy (non-hydrogen) atoms. The lowest BCUT2D eigenvalue weighted by molar-refractivity contribution is -0.146. The molecule has 0 aromatic rings. The van der Waals surface area contributed by atoms with Gasteiger partial charge in [0.15, 0.2) is 0 Å². The number of likely N-dealkylation sites (tertiary alicyclic amines) is 2. The fraction of sp³-hybridized carbons (Fsp3) is 0.867. The lowest BCUT2D eigenvalue weighted by atomic mass is 9.97. The Balaban J connectivity index is 1.82. The van der Waals surface area contributed by atoms with Crippen LogP contribution in [0.2, 0.25) is 0 Å². The van der Waals surface area contributed by atoms with E-state index in [-0.39, 0.29) is 11.8 Å². The van der Waals surface area contributed by atoms with Gasteiger partial charge in [-0.1, -0.05) is 13.8 Å². The van der Waals surface area contributed by atoms with Crippen LogP contribution in [0.5, 0.6) is 0 Å². The van der Waals surface area contributed by atoms with Gasteiger partial charge in [-0.2, -0.15) is 0 Å². The predicted octanol–water partition coefficient (Wildman–Crippen LogP) is 1.43. The Labute approximate surface area is 120 Å². The number of carbonyl (C=O) groups is 2. The van der Waals surface area contributed by atoms with E-state index < -0.39 is 5.97 Å². The van der Waals surface area contributed by atoms with Crippen LogP contribution < -0.4 is 0 Å². The van der Waals surface area contributed by atoms with Crippen molar-refractivity contribution in [3.8, 4) is 0 Å². The summed E-state index contributed by atoms with van der Waals surface area (Å²) in [5, 5.41) is 8.98.